The lowest BCUT2D eigenvalue weighted by Gasteiger charge is -2.10. The first kappa shape index (κ1) is 10.5. The molecule has 0 aliphatic rings. The summed E-state index contributed by atoms with van der Waals surface area (Å²) in [7, 11) is 0. The molecule has 0 saturated carbocycles. The van der Waals surface area contributed by atoms with Gasteiger partial charge in [-0.1, -0.05) is 13.0 Å². The number of furan rings is 1. The summed E-state index contributed by atoms with van der Waals surface area (Å²) in [6.07, 6.45) is 2.95. The Morgan fingerprint density at radius 1 is 1.69 bits per heavy atom. The predicted octanol–water partition coefficient (Wildman–Crippen LogP) is 3.27. The van der Waals surface area contributed by atoms with Gasteiger partial charge in [-0.05, 0) is 41.0 Å². The average Bonchev–Trinajstić information content (AvgIpc) is 2.54. The molecule has 1 heterocycles. The van der Waals surface area contributed by atoms with Gasteiger partial charge in [0.25, 0.3) is 0 Å². The molecule has 1 rings (SSSR count). The lowest BCUT2D eigenvalue weighted by Crippen LogP contribution is -2.19. The van der Waals surface area contributed by atoms with Crippen LogP contribution in [0.1, 0.15) is 25.1 Å². The maximum absolute atomic E-state index is 5.42. The highest BCUT2D eigenvalue weighted by atomic mass is 79.9. The highest BCUT2D eigenvalue weighted by Crippen LogP contribution is 2.20. The molecule has 0 amide bonds. The van der Waals surface area contributed by atoms with E-state index >= 15 is 0 Å². The van der Waals surface area contributed by atoms with Crippen molar-refractivity contribution in [2.45, 2.75) is 19.4 Å². The summed E-state index contributed by atoms with van der Waals surface area (Å²) in [6.45, 7) is 6.86. The van der Waals surface area contributed by atoms with E-state index in [-0.39, 0.29) is 6.04 Å². The van der Waals surface area contributed by atoms with Gasteiger partial charge >= 0.3 is 0 Å². The third-order valence-corrected chi connectivity index (χ3v) is 2.18. The zero-order chi connectivity index (χ0) is 9.68. The standard InChI is InChI=1S/C10H14BrNO/c1-3-7-12-8(4-2)9-5-6-10(11)13-9/h4-6,8,12H,2-3,7H2,1H3. The van der Waals surface area contributed by atoms with Crippen LogP contribution in [0.25, 0.3) is 0 Å². The molecule has 1 aromatic heterocycles. The van der Waals surface area contributed by atoms with Crippen molar-refractivity contribution in [2.24, 2.45) is 0 Å². The molecule has 0 aliphatic carbocycles. The number of hydrogen-bond donors (Lipinski definition) is 1. The maximum atomic E-state index is 5.42. The molecule has 1 N–H and O–H groups in total. The van der Waals surface area contributed by atoms with Crippen LogP contribution in [0.2, 0.25) is 0 Å². The van der Waals surface area contributed by atoms with Crippen molar-refractivity contribution in [2.75, 3.05) is 6.54 Å². The minimum absolute atomic E-state index is 0.117. The molecule has 0 radical (unpaired) electrons. The van der Waals surface area contributed by atoms with Gasteiger partial charge in [-0.25, -0.2) is 0 Å². The van der Waals surface area contributed by atoms with Crippen molar-refractivity contribution in [1.82, 2.24) is 5.32 Å². The fourth-order valence-corrected chi connectivity index (χ4v) is 1.41. The van der Waals surface area contributed by atoms with Crippen LogP contribution in [0.4, 0.5) is 0 Å². The highest BCUT2D eigenvalue weighted by molar-refractivity contribution is 9.10. The molecular weight excluding hydrogens is 230 g/mol. The zero-order valence-corrected chi connectivity index (χ0v) is 9.30. The van der Waals surface area contributed by atoms with Gasteiger partial charge in [0, 0.05) is 0 Å². The molecule has 0 aromatic carbocycles. The lowest BCUT2D eigenvalue weighted by molar-refractivity contribution is 0.439. The third kappa shape index (κ3) is 3.01. The van der Waals surface area contributed by atoms with Crippen LogP contribution in [0.5, 0.6) is 0 Å². The predicted molar refractivity (Wildman–Crippen MR) is 57.6 cm³/mol. The Labute approximate surface area is 87.1 Å². The third-order valence-electron chi connectivity index (χ3n) is 1.75. The molecule has 3 heteroatoms. The van der Waals surface area contributed by atoms with Gasteiger partial charge in [-0.15, -0.1) is 6.58 Å². The van der Waals surface area contributed by atoms with Crippen molar-refractivity contribution >= 4 is 15.9 Å². The van der Waals surface area contributed by atoms with Gasteiger partial charge in [0.05, 0.1) is 6.04 Å². The summed E-state index contributed by atoms with van der Waals surface area (Å²) in [5.74, 6) is 0.898. The van der Waals surface area contributed by atoms with E-state index in [0.717, 1.165) is 23.4 Å². The monoisotopic (exact) mass is 243 g/mol. The van der Waals surface area contributed by atoms with Crippen LogP contribution in [-0.2, 0) is 0 Å². The van der Waals surface area contributed by atoms with E-state index in [1.54, 1.807) is 0 Å². The molecule has 0 saturated heterocycles. The summed E-state index contributed by atoms with van der Waals surface area (Å²) < 4.78 is 6.17. The Kier molecular flexibility index (Phi) is 4.25. The smallest absolute Gasteiger partial charge is 0.169 e. The minimum Gasteiger partial charge on any atom is -0.452 e. The number of hydrogen-bond acceptors (Lipinski definition) is 2. The van der Waals surface area contributed by atoms with Crippen LogP contribution in [0.3, 0.4) is 0 Å². The highest BCUT2D eigenvalue weighted by Gasteiger charge is 2.09. The largest absolute Gasteiger partial charge is 0.452 e. The first-order valence-electron chi connectivity index (χ1n) is 4.39. The molecule has 0 bridgehead atoms. The Hall–Kier alpha value is -0.540. The molecule has 72 valence electrons. The first-order chi connectivity index (χ1) is 6.27. The van der Waals surface area contributed by atoms with Crippen molar-refractivity contribution in [3.05, 3.63) is 35.2 Å². The maximum Gasteiger partial charge on any atom is 0.169 e. The first-order valence-corrected chi connectivity index (χ1v) is 5.18. The fraction of sp³-hybridized carbons (Fsp3) is 0.400. The average molecular weight is 244 g/mol. The molecule has 0 spiro atoms. The number of halogens is 1. The van der Waals surface area contributed by atoms with Gasteiger partial charge in [0.15, 0.2) is 4.67 Å². The normalized spacial score (nSPS) is 12.8. The quantitative estimate of drug-likeness (QED) is 0.804. The molecule has 1 unspecified atom stereocenters. The van der Waals surface area contributed by atoms with E-state index in [4.69, 9.17) is 4.42 Å². The molecule has 0 aliphatic heterocycles. The molecule has 0 fully saturated rings. The van der Waals surface area contributed by atoms with E-state index in [1.165, 1.54) is 0 Å². The Morgan fingerprint density at radius 3 is 2.92 bits per heavy atom. The summed E-state index contributed by atoms with van der Waals surface area (Å²) in [4.78, 5) is 0. The fourth-order valence-electron chi connectivity index (χ4n) is 1.10. The second kappa shape index (κ2) is 5.25. The van der Waals surface area contributed by atoms with E-state index in [1.807, 2.05) is 18.2 Å². The van der Waals surface area contributed by atoms with Gasteiger partial charge in [0.1, 0.15) is 5.76 Å². The Bertz CT molecular complexity index is 270. The topological polar surface area (TPSA) is 25.2 Å². The summed E-state index contributed by atoms with van der Waals surface area (Å²) >= 11 is 3.27. The van der Waals surface area contributed by atoms with Crippen LogP contribution in [-0.4, -0.2) is 6.54 Å². The van der Waals surface area contributed by atoms with Gasteiger partial charge < -0.3 is 9.73 Å². The minimum atomic E-state index is 0.117. The number of rotatable bonds is 5. The summed E-state index contributed by atoms with van der Waals surface area (Å²) in [5, 5.41) is 3.32. The van der Waals surface area contributed by atoms with Gasteiger partial charge in [0.2, 0.25) is 0 Å². The van der Waals surface area contributed by atoms with E-state index in [9.17, 15) is 0 Å². The van der Waals surface area contributed by atoms with Crippen molar-refractivity contribution in [3.63, 3.8) is 0 Å². The Morgan fingerprint density at radius 2 is 2.46 bits per heavy atom. The molecular formula is C10H14BrNO. The Balaban J connectivity index is 2.61. The molecule has 1 atom stereocenters. The zero-order valence-electron chi connectivity index (χ0n) is 7.72. The van der Waals surface area contributed by atoms with Crippen LogP contribution in [0, 0.1) is 0 Å². The van der Waals surface area contributed by atoms with Crippen LogP contribution >= 0.6 is 15.9 Å². The van der Waals surface area contributed by atoms with Crippen LogP contribution < -0.4 is 5.32 Å². The summed E-state index contributed by atoms with van der Waals surface area (Å²) in [6, 6.07) is 3.95. The van der Waals surface area contributed by atoms with Crippen molar-refractivity contribution in [1.29, 1.82) is 0 Å². The number of nitrogens with one attached hydrogen (secondary N) is 1. The molecule has 13 heavy (non-hydrogen) atoms. The van der Waals surface area contributed by atoms with Crippen molar-refractivity contribution < 1.29 is 4.42 Å². The summed E-state index contributed by atoms with van der Waals surface area (Å²) in [5.41, 5.74) is 0. The van der Waals surface area contributed by atoms with Gasteiger partial charge in [-0.3, -0.25) is 0 Å². The second-order valence-corrected chi connectivity index (χ2v) is 3.59. The van der Waals surface area contributed by atoms with E-state index < -0.39 is 0 Å². The van der Waals surface area contributed by atoms with Gasteiger partial charge in [-0.2, -0.15) is 0 Å². The van der Waals surface area contributed by atoms with Crippen molar-refractivity contribution in [3.8, 4) is 0 Å². The lowest BCUT2D eigenvalue weighted by atomic mass is 10.2. The van der Waals surface area contributed by atoms with Crippen LogP contribution in [0.15, 0.2) is 33.9 Å². The molecule has 2 nitrogen and oxygen atoms in total. The second-order valence-electron chi connectivity index (χ2n) is 2.81. The van der Waals surface area contributed by atoms with E-state index in [2.05, 4.69) is 34.7 Å². The van der Waals surface area contributed by atoms with E-state index in [0.29, 0.717) is 0 Å². The SMILES string of the molecule is C=CC(NCCC)c1ccc(Br)o1. The molecule has 1 aromatic rings.